The highest BCUT2D eigenvalue weighted by atomic mass is 15.3. The van der Waals surface area contributed by atoms with Crippen molar-refractivity contribution in [2.75, 3.05) is 0 Å². The predicted molar refractivity (Wildman–Crippen MR) is 50.0 cm³/mol. The number of aryl methyl sites for hydroxylation is 1. The molecule has 68 valence electrons. The van der Waals surface area contributed by atoms with Crippen LogP contribution in [0.25, 0.3) is 0 Å². The van der Waals surface area contributed by atoms with E-state index in [2.05, 4.69) is 18.9 Å². The van der Waals surface area contributed by atoms with Crippen LogP contribution in [0.2, 0.25) is 0 Å². The van der Waals surface area contributed by atoms with Crippen LogP contribution in [-0.2, 0) is 0 Å². The lowest BCUT2D eigenvalue weighted by molar-refractivity contribution is 0.492. The zero-order valence-electron chi connectivity index (χ0n) is 8.20. The highest BCUT2D eigenvalue weighted by Gasteiger charge is 2.10. The van der Waals surface area contributed by atoms with Crippen molar-refractivity contribution in [3.8, 4) is 0 Å². The first kappa shape index (κ1) is 9.26. The molecule has 0 aliphatic rings. The van der Waals surface area contributed by atoms with Gasteiger partial charge in [0.15, 0.2) is 0 Å². The Morgan fingerprint density at radius 3 is 2.33 bits per heavy atom. The van der Waals surface area contributed by atoms with E-state index in [1.807, 2.05) is 24.6 Å². The molecule has 0 aromatic carbocycles. The summed E-state index contributed by atoms with van der Waals surface area (Å²) in [5.74, 6) is 0. The first-order chi connectivity index (χ1) is 5.52. The number of rotatable bonds is 2. The van der Waals surface area contributed by atoms with Gasteiger partial charge in [0.2, 0.25) is 0 Å². The van der Waals surface area contributed by atoms with Crippen molar-refractivity contribution in [3.63, 3.8) is 0 Å². The van der Waals surface area contributed by atoms with Crippen LogP contribution in [0, 0.1) is 6.92 Å². The van der Waals surface area contributed by atoms with Gasteiger partial charge in [0.25, 0.3) is 0 Å². The Labute approximate surface area is 73.6 Å². The van der Waals surface area contributed by atoms with Crippen LogP contribution >= 0.6 is 0 Å². The number of hydrogen-bond donors (Lipinski definition) is 1. The summed E-state index contributed by atoms with van der Waals surface area (Å²) in [6.07, 6.45) is 0. The maximum Gasteiger partial charge on any atom is 0.0597 e. The summed E-state index contributed by atoms with van der Waals surface area (Å²) in [6, 6.07) is 2.50. The summed E-state index contributed by atoms with van der Waals surface area (Å²) in [5, 5.41) is 4.37. The van der Waals surface area contributed by atoms with Crippen molar-refractivity contribution in [1.29, 1.82) is 0 Å². The van der Waals surface area contributed by atoms with Crippen molar-refractivity contribution < 1.29 is 0 Å². The normalized spacial score (nSPS) is 13.8. The fourth-order valence-electron chi connectivity index (χ4n) is 1.29. The Hall–Kier alpha value is -0.830. The lowest BCUT2D eigenvalue weighted by Gasteiger charge is -2.12. The molecule has 3 heteroatoms. The van der Waals surface area contributed by atoms with Gasteiger partial charge in [0.1, 0.15) is 0 Å². The van der Waals surface area contributed by atoms with Crippen molar-refractivity contribution in [1.82, 2.24) is 9.78 Å². The first-order valence-corrected chi connectivity index (χ1v) is 4.34. The molecule has 1 aromatic rings. The molecule has 0 saturated heterocycles. The molecule has 0 aliphatic carbocycles. The molecule has 0 spiro atoms. The largest absolute Gasteiger partial charge is 0.323 e. The molecule has 1 heterocycles. The second-order valence-corrected chi connectivity index (χ2v) is 3.54. The Morgan fingerprint density at radius 1 is 1.42 bits per heavy atom. The number of hydrogen-bond acceptors (Lipinski definition) is 2. The molecule has 12 heavy (non-hydrogen) atoms. The van der Waals surface area contributed by atoms with E-state index in [0.717, 1.165) is 11.4 Å². The van der Waals surface area contributed by atoms with Gasteiger partial charge in [-0.05, 0) is 33.8 Å². The molecule has 0 radical (unpaired) electrons. The van der Waals surface area contributed by atoms with Gasteiger partial charge >= 0.3 is 0 Å². The quantitative estimate of drug-likeness (QED) is 0.729. The molecular weight excluding hydrogens is 150 g/mol. The molecule has 1 atom stereocenters. The van der Waals surface area contributed by atoms with E-state index in [1.165, 1.54) is 0 Å². The van der Waals surface area contributed by atoms with Crippen LogP contribution in [0.15, 0.2) is 6.07 Å². The van der Waals surface area contributed by atoms with E-state index in [4.69, 9.17) is 5.73 Å². The Balaban J connectivity index is 3.08. The van der Waals surface area contributed by atoms with Crippen molar-refractivity contribution in [2.24, 2.45) is 5.73 Å². The molecule has 0 fully saturated rings. The lowest BCUT2D eigenvalue weighted by atomic mass is 10.2. The summed E-state index contributed by atoms with van der Waals surface area (Å²) in [4.78, 5) is 0. The van der Waals surface area contributed by atoms with Gasteiger partial charge in [-0.3, -0.25) is 4.68 Å². The maximum atomic E-state index is 5.80. The van der Waals surface area contributed by atoms with Gasteiger partial charge in [0.05, 0.1) is 11.4 Å². The van der Waals surface area contributed by atoms with Crippen molar-refractivity contribution in [3.05, 3.63) is 17.5 Å². The molecule has 1 aromatic heterocycles. The fraction of sp³-hybridized carbons (Fsp3) is 0.667. The van der Waals surface area contributed by atoms with Gasteiger partial charge in [0, 0.05) is 12.1 Å². The van der Waals surface area contributed by atoms with Crippen LogP contribution in [-0.4, -0.2) is 9.78 Å². The van der Waals surface area contributed by atoms with Crippen LogP contribution < -0.4 is 5.73 Å². The minimum atomic E-state index is 0.0635. The predicted octanol–water partition coefficient (Wildman–Crippen LogP) is 1.79. The van der Waals surface area contributed by atoms with Crippen molar-refractivity contribution >= 4 is 0 Å². The molecule has 2 N–H and O–H groups in total. The number of aromatic nitrogens is 2. The summed E-state index contributed by atoms with van der Waals surface area (Å²) in [5.41, 5.74) is 7.96. The molecule has 0 amide bonds. The fourth-order valence-corrected chi connectivity index (χ4v) is 1.29. The second-order valence-electron chi connectivity index (χ2n) is 3.54. The average Bonchev–Trinajstić information content (AvgIpc) is 2.31. The third-order valence-corrected chi connectivity index (χ3v) is 1.84. The molecule has 0 saturated carbocycles. The SMILES string of the molecule is Cc1cc(C(C)N)n(C(C)C)n1. The van der Waals surface area contributed by atoms with E-state index in [0.29, 0.717) is 6.04 Å². The molecule has 0 bridgehead atoms. The summed E-state index contributed by atoms with van der Waals surface area (Å²) >= 11 is 0. The second kappa shape index (κ2) is 3.27. The van der Waals surface area contributed by atoms with Gasteiger partial charge < -0.3 is 5.73 Å². The summed E-state index contributed by atoms with van der Waals surface area (Å²) in [6.45, 7) is 8.19. The zero-order chi connectivity index (χ0) is 9.30. The minimum Gasteiger partial charge on any atom is -0.323 e. The maximum absolute atomic E-state index is 5.80. The smallest absolute Gasteiger partial charge is 0.0597 e. The standard InChI is InChI=1S/C9H17N3/c1-6(2)12-9(8(4)10)5-7(3)11-12/h5-6,8H,10H2,1-4H3. The van der Waals surface area contributed by atoms with E-state index in [-0.39, 0.29) is 6.04 Å². The van der Waals surface area contributed by atoms with Gasteiger partial charge in [-0.15, -0.1) is 0 Å². The van der Waals surface area contributed by atoms with Crippen LogP contribution in [0.4, 0.5) is 0 Å². The highest BCUT2D eigenvalue weighted by Crippen LogP contribution is 2.15. The van der Waals surface area contributed by atoms with E-state index < -0.39 is 0 Å². The number of nitrogens with zero attached hydrogens (tertiary/aromatic N) is 2. The van der Waals surface area contributed by atoms with Gasteiger partial charge in [-0.2, -0.15) is 5.10 Å². The van der Waals surface area contributed by atoms with E-state index in [1.54, 1.807) is 0 Å². The Kier molecular flexibility index (Phi) is 2.52. The summed E-state index contributed by atoms with van der Waals surface area (Å²) in [7, 11) is 0. The van der Waals surface area contributed by atoms with Crippen LogP contribution in [0.1, 0.15) is 44.2 Å². The molecule has 0 aliphatic heterocycles. The van der Waals surface area contributed by atoms with E-state index in [9.17, 15) is 0 Å². The zero-order valence-corrected chi connectivity index (χ0v) is 8.20. The van der Waals surface area contributed by atoms with Crippen LogP contribution in [0.3, 0.4) is 0 Å². The molecular formula is C9H17N3. The van der Waals surface area contributed by atoms with Gasteiger partial charge in [-0.25, -0.2) is 0 Å². The summed E-state index contributed by atoms with van der Waals surface area (Å²) < 4.78 is 1.99. The van der Waals surface area contributed by atoms with E-state index >= 15 is 0 Å². The van der Waals surface area contributed by atoms with Gasteiger partial charge in [-0.1, -0.05) is 0 Å². The number of nitrogens with two attached hydrogens (primary N) is 1. The Bertz CT molecular complexity index is 235. The first-order valence-electron chi connectivity index (χ1n) is 4.34. The minimum absolute atomic E-state index is 0.0635. The average molecular weight is 167 g/mol. The molecule has 1 rings (SSSR count). The van der Waals surface area contributed by atoms with Crippen molar-refractivity contribution in [2.45, 2.75) is 39.8 Å². The van der Waals surface area contributed by atoms with Crippen LogP contribution in [0.5, 0.6) is 0 Å². The Morgan fingerprint density at radius 2 is 2.00 bits per heavy atom. The molecule has 3 nitrogen and oxygen atoms in total. The molecule has 1 unspecified atom stereocenters. The third kappa shape index (κ3) is 1.67. The monoisotopic (exact) mass is 167 g/mol. The lowest BCUT2D eigenvalue weighted by Crippen LogP contribution is -2.14. The topological polar surface area (TPSA) is 43.8 Å². The highest BCUT2D eigenvalue weighted by molar-refractivity contribution is 5.12. The third-order valence-electron chi connectivity index (χ3n) is 1.84.